The molecule has 0 saturated carbocycles. The van der Waals surface area contributed by atoms with Gasteiger partial charge in [-0.05, 0) is 44.6 Å². The Morgan fingerprint density at radius 2 is 2.00 bits per heavy atom. The van der Waals surface area contributed by atoms with Crippen molar-refractivity contribution in [3.8, 4) is 11.3 Å². The van der Waals surface area contributed by atoms with E-state index in [0.717, 1.165) is 43.8 Å². The van der Waals surface area contributed by atoms with Crippen LogP contribution >= 0.6 is 0 Å². The maximum atomic E-state index is 13.2. The van der Waals surface area contributed by atoms with E-state index in [1.807, 2.05) is 0 Å². The number of rotatable bonds is 2. The van der Waals surface area contributed by atoms with Gasteiger partial charge in [0.25, 0.3) is 0 Å². The topological polar surface area (TPSA) is 29.0 Å². The van der Waals surface area contributed by atoms with Gasteiger partial charge in [0.05, 0.1) is 17.6 Å². The average molecular weight is 289 g/mol. The van der Waals surface area contributed by atoms with Crippen molar-refractivity contribution in [3.63, 3.8) is 0 Å². The molecule has 1 aliphatic heterocycles. The molecule has 110 valence electrons. The van der Waals surface area contributed by atoms with Crippen LogP contribution in [-0.4, -0.2) is 35.0 Å². The molecule has 0 spiro atoms. The third-order valence-corrected chi connectivity index (χ3v) is 3.93. The van der Waals surface area contributed by atoms with Crippen LogP contribution in [0.1, 0.15) is 24.5 Å². The molecule has 2 heterocycles. The largest absolute Gasteiger partial charge is 0.306 e. The molecular formula is C16H17F2N3. The van der Waals surface area contributed by atoms with E-state index in [9.17, 15) is 8.78 Å². The molecule has 1 atom stereocenters. The fraction of sp³-hybridized carbons (Fsp3) is 0.375. The van der Waals surface area contributed by atoms with E-state index in [4.69, 9.17) is 0 Å². The highest BCUT2D eigenvalue weighted by molar-refractivity contribution is 5.57. The van der Waals surface area contributed by atoms with Gasteiger partial charge in [0.2, 0.25) is 0 Å². The Balaban J connectivity index is 1.81. The van der Waals surface area contributed by atoms with Crippen LogP contribution in [0.2, 0.25) is 0 Å². The van der Waals surface area contributed by atoms with E-state index < -0.39 is 11.6 Å². The Morgan fingerprint density at radius 3 is 2.67 bits per heavy atom. The summed E-state index contributed by atoms with van der Waals surface area (Å²) in [4.78, 5) is 11.1. The monoisotopic (exact) mass is 289 g/mol. The standard InChI is InChI=1S/C16H17F2N3/c1-21-6-2-3-12(10-21)16-9-19-15(8-20-16)11-4-5-13(17)14(18)7-11/h4-5,7-9,12H,2-3,6,10H2,1H3. The zero-order valence-electron chi connectivity index (χ0n) is 11.9. The first-order valence-electron chi connectivity index (χ1n) is 7.09. The molecule has 1 fully saturated rings. The number of aromatic nitrogens is 2. The van der Waals surface area contributed by atoms with Crippen LogP contribution in [0.15, 0.2) is 30.6 Å². The molecule has 2 aromatic rings. The van der Waals surface area contributed by atoms with E-state index >= 15 is 0 Å². The zero-order chi connectivity index (χ0) is 14.8. The molecule has 1 unspecified atom stereocenters. The van der Waals surface area contributed by atoms with Crippen molar-refractivity contribution in [3.05, 3.63) is 47.9 Å². The number of hydrogen-bond acceptors (Lipinski definition) is 3. The van der Waals surface area contributed by atoms with Crippen LogP contribution < -0.4 is 0 Å². The summed E-state index contributed by atoms with van der Waals surface area (Å²) in [7, 11) is 2.11. The van der Waals surface area contributed by atoms with Crippen LogP contribution in [0.3, 0.4) is 0 Å². The molecule has 5 heteroatoms. The maximum absolute atomic E-state index is 13.2. The van der Waals surface area contributed by atoms with Crippen LogP contribution in [0, 0.1) is 11.6 Å². The number of benzene rings is 1. The number of hydrogen-bond donors (Lipinski definition) is 0. The number of likely N-dealkylation sites (tertiary alicyclic amines) is 1. The Morgan fingerprint density at radius 1 is 1.14 bits per heavy atom. The lowest BCUT2D eigenvalue weighted by molar-refractivity contribution is 0.248. The molecule has 3 nitrogen and oxygen atoms in total. The fourth-order valence-corrected chi connectivity index (χ4v) is 2.76. The minimum Gasteiger partial charge on any atom is -0.306 e. The lowest BCUT2D eigenvalue weighted by Crippen LogP contribution is -2.31. The van der Waals surface area contributed by atoms with Crippen molar-refractivity contribution in [1.82, 2.24) is 14.9 Å². The predicted octanol–water partition coefficient (Wildman–Crippen LogP) is 3.23. The molecule has 0 aliphatic carbocycles. The van der Waals surface area contributed by atoms with Gasteiger partial charge in [0.15, 0.2) is 11.6 Å². The van der Waals surface area contributed by atoms with E-state index in [2.05, 4.69) is 21.9 Å². The highest BCUT2D eigenvalue weighted by atomic mass is 19.2. The molecule has 1 saturated heterocycles. The van der Waals surface area contributed by atoms with Crippen LogP contribution in [-0.2, 0) is 0 Å². The third kappa shape index (κ3) is 3.08. The summed E-state index contributed by atoms with van der Waals surface area (Å²) in [6.45, 7) is 2.11. The molecule has 3 rings (SSSR count). The van der Waals surface area contributed by atoms with Crippen molar-refractivity contribution in [2.75, 3.05) is 20.1 Å². The zero-order valence-corrected chi connectivity index (χ0v) is 11.9. The Kier molecular flexibility index (Phi) is 3.92. The van der Waals surface area contributed by atoms with Crippen LogP contribution in [0.4, 0.5) is 8.78 Å². The van der Waals surface area contributed by atoms with Crippen molar-refractivity contribution in [2.45, 2.75) is 18.8 Å². The van der Waals surface area contributed by atoms with E-state index in [-0.39, 0.29) is 0 Å². The van der Waals surface area contributed by atoms with E-state index in [0.29, 0.717) is 17.2 Å². The second-order valence-electron chi connectivity index (χ2n) is 5.56. The molecule has 0 N–H and O–H groups in total. The van der Waals surface area contributed by atoms with Crippen molar-refractivity contribution in [2.24, 2.45) is 0 Å². The first kappa shape index (κ1) is 14.1. The van der Waals surface area contributed by atoms with Gasteiger partial charge in [-0.15, -0.1) is 0 Å². The highest BCUT2D eigenvalue weighted by Crippen LogP contribution is 2.25. The first-order valence-corrected chi connectivity index (χ1v) is 7.09. The van der Waals surface area contributed by atoms with Gasteiger partial charge in [-0.3, -0.25) is 9.97 Å². The summed E-state index contributed by atoms with van der Waals surface area (Å²) in [5, 5.41) is 0. The molecule has 1 aliphatic rings. The third-order valence-electron chi connectivity index (χ3n) is 3.93. The molecule has 1 aromatic heterocycles. The number of nitrogens with zero attached hydrogens (tertiary/aromatic N) is 3. The number of piperidine rings is 1. The van der Waals surface area contributed by atoms with E-state index in [1.54, 1.807) is 12.4 Å². The summed E-state index contributed by atoms with van der Waals surface area (Å²) in [6, 6.07) is 3.76. The average Bonchev–Trinajstić information content (AvgIpc) is 2.50. The van der Waals surface area contributed by atoms with Crippen molar-refractivity contribution >= 4 is 0 Å². The lowest BCUT2D eigenvalue weighted by Gasteiger charge is -2.29. The first-order chi connectivity index (χ1) is 10.1. The van der Waals surface area contributed by atoms with Gasteiger partial charge in [-0.2, -0.15) is 0 Å². The van der Waals surface area contributed by atoms with Gasteiger partial charge < -0.3 is 4.90 Å². The normalized spacial score (nSPS) is 19.7. The quantitative estimate of drug-likeness (QED) is 0.850. The number of halogens is 2. The van der Waals surface area contributed by atoms with Crippen molar-refractivity contribution < 1.29 is 8.78 Å². The minimum atomic E-state index is -0.868. The lowest BCUT2D eigenvalue weighted by atomic mass is 9.95. The summed E-state index contributed by atoms with van der Waals surface area (Å²) in [5.74, 6) is -1.32. The molecule has 1 aromatic carbocycles. The second kappa shape index (κ2) is 5.85. The smallest absolute Gasteiger partial charge is 0.159 e. The molecular weight excluding hydrogens is 272 g/mol. The molecule has 21 heavy (non-hydrogen) atoms. The second-order valence-corrected chi connectivity index (χ2v) is 5.56. The van der Waals surface area contributed by atoms with Gasteiger partial charge in [0, 0.05) is 24.2 Å². The maximum Gasteiger partial charge on any atom is 0.159 e. The van der Waals surface area contributed by atoms with Crippen LogP contribution in [0.25, 0.3) is 11.3 Å². The summed E-state index contributed by atoms with van der Waals surface area (Å²) < 4.78 is 26.2. The fourth-order valence-electron chi connectivity index (χ4n) is 2.76. The molecule has 0 radical (unpaired) electrons. The van der Waals surface area contributed by atoms with Gasteiger partial charge in [-0.1, -0.05) is 0 Å². The Bertz CT molecular complexity index is 628. The number of likely N-dealkylation sites (N-methyl/N-ethyl adjacent to an activating group) is 1. The van der Waals surface area contributed by atoms with Gasteiger partial charge in [0.1, 0.15) is 0 Å². The SMILES string of the molecule is CN1CCCC(c2cnc(-c3ccc(F)c(F)c3)cn2)C1. The van der Waals surface area contributed by atoms with Crippen molar-refractivity contribution in [1.29, 1.82) is 0 Å². The molecule has 0 bridgehead atoms. The van der Waals surface area contributed by atoms with Gasteiger partial charge >= 0.3 is 0 Å². The minimum absolute atomic E-state index is 0.398. The molecule has 0 amide bonds. The summed E-state index contributed by atoms with van der Waals surface area (Å²) in [6.07, 6.45) is 5.66. The van der Waals surface area contributed by atoms with E-state index in [1.165, 1.54) is 6.07 Å². The Labute approximate surface area is 122 Å². The predicted molar refractivity (Wildman–Crippen MR) is 76.9 cm³/mol. The summed E-state index contributed by atoms with van der Waals surface area (Å²) >= 11 is 0. The summed E-state index contributed by atoms with van der Waals surface area (Å²) in [5.41, 5.74) is 2.06. The van der Waals surface area contributed by atoms with Crippen LogP contribution in [0.5, 0.6) is 0 Å². The highest BCUT2D eigenvalue weighted by Gasteiger charge is 2.20. The Hall–Kier alpha value is -1.88. The van der Waals surface area contributed by atoms with Gasteiger partial charge in [-0.25, -0.2) is 8.78 Å².